The van der Waals surface area contributed by atoms with Crippen molar-refractivity contribution in [2.75, 3.05) is 5.32 Å². The summed E-state index contributed by atoms with van der Waals surface area (Å²) in [5.74, 6) is 0.769. The van der Waals surface area contributed by atoms with E-state index >= 15 is 0 Å². The van der Waals surface area contributed by atoms with Gasteiger partial charge in [0.25, 0.3) is 0 Å². The third kappa shape index (κ3) is 2.49. The molecule has 1 aromatic heterocycles. The zero-order valence-electron chi connectivity index (χ0n) is 11.8. The van der Waals surface area contributed by atoms with Crippen molar-refractivity contribution in [1.82, 2.24) is 4.57 Å². The number of ether oxygens (including phenoxy) is 1. The molecular weight excluding hydrogens is 292 g/mol. The molecule has 0 radical (unpaired) electrons. The molecule has 1 aliphatic heterocycles. The van der Waals surface area contributed by atoms with E-state index in [1.54, 1.807) is 12.1 Å². The molecule has 1 aliphatic rings. The SMILES string of the molecule is CC1(C)Oc2ccc(Cl)cc2NC1Cn1c(O)ccc1O. The molecular formula is C15H17ClN2O3. The first-order chi connectivity index (χ1) is 9.87. The Hall–Kier alpha value is -2.01. The van der Waals surface area contributed by atoms with E-state index < -0.39 is 5.60 Å². The molecule has 1 atom stereocenters. The maximum atomic E-state index is 9.78. The van der Waals surface area contributed by atoms with Crippen LogP contribution in [0.3, 0.4) is 0 Å². The molecule has 3 rings (SSSR count). The number of aromatic hydroxyl groups is 2. The van der Waals surface area contributed by atoms with Crippen LogP contribution in [0.5, 0.6) is 17.5 Å². The molecule has 0 saturated carbocycles. The number of hydrogen-bond donors (Lipinski definition) is 3. The number of nitrogens with one attached hydrogen (secondary N) is 1. The lowest BCUT2D eigenvalue weighted by atomic mass is 9.95. The summed E-state index contributed by atoms with van der Waals surface area (Å²) in [7, 11) is 0. The van der Waals surface area contributed by atoms with Crippen molar-refractivity contribution >= 4 is 17.3 Å². The molecule has 2 heterocycles. The Bertz CT molecular complexity index is 662. The minimum Gasteiger partial charge on any atom is -0.494 e. The minimum atomic E-state index is -0.510. The number of halogens is 1. The molecule has 112 valence electrons. The van der Waals surface area contributed by atoms with Crippen LogP contribution in [-0.2, 0) is 6.54 Å². The summed E-state index contributed by atoms with van der Waals surface area (Å²) in [5.41, 5.74) is 0.294. The first-order valence-electron chi connectivity index (χ1n) is 6.69. The molecule has 2 aromatic rings. The van der Waals surface area contributed by atoms with Gasteiger partial charge in [-0.05, 0) is 32.0 Å². The second kappa shape index (κ2) is 4.77. The Labute approximate surface area is 127 Å². The smallest absolute Gasteiger partial charge is 0.193 e. The van der Waals surface area contributed by atoms with Crippen molar-refractivity contribution in [3.8, 4) is 17.5 Å². The van der Waals surface area contributed by atoms with E-state index in [9.17, 15) is 10.2 Å². The molecule has 0 amide bonds. The van der Waals surface area contributed by atoms with Gasteiger partial charge < -0.3 is 20.3 Å². The fourth-order valence-corrected chi connectivity index (χ4v) is 2.67. The Morgan fingerprint density at radius 3 is 2.57 bits per heavy atom. The van der Waals surface area contributed by atoms with E-state index in [1.165, 1.54) is 16.7 Å². The highest BCUT2D eigenvalue weighted by atomic mass is 35.5. The lowest BCUT2D eigenvalue weighted by Crippen LogP contribution is -2.51. The fourth-order valence-electron chi connectivity index (χ4n) is 2.50. The summed E-state index contributed by atoms with van der Waals surface area (Å²) >= 11 is 6.01. The van der Waals surface area contributed by atoms with Crippen molar-refractivity contribution < 1.29 is 14.9 Å². The van der Waals surface area contributed by atoms with E-state index in [4.69, 9.17) is 16.3 Å². The highest BCUT2D eigenvalue weighted by molar-refractivity contribution is 6.30. The molecule has 1 aromatic carbocycles. The quantitative estimate of drug-likeness (QED) is 0.797. The van der Waals surface area contributed by atoms with Crippen molar-refractivity contribution in [2.45, 2.75) is 32.0 Å². The van der Waals surface area contributed by atoms with Crippen molar-refractivity contribution in [3.05, 3.63) is 35.4 Å². The highest BCUT2D eigenvalue weighted by Gasteiger charge is 2.37. The molecule has 1 unspecified atom stereocenters. The summed E-state index contributed by atoms with van der Waals surface area (Å²) in [6, 6.07) is 8.17. The average Bonchev–Trinajstić information content (AvgIpc) is 2.71. The zero-order chi connectivity index (χ0) is 15.2. The Morgan fingerprint density at radius 2 is 1.90 bits per heavy atom. The summed E-state index contributed by atoms with van der Waals surface area (Å²) in [6.45, 7) is 4.28. The van der Waals surface area contributed by atoms with Gasteiger partial charge in [0.2, 0.25) is 0 Å². The summed E-state index contributed by atoms with van der Waals surface area (Å²) in [5, 5.41) is 23.6. The predicted octanol–water partition coefficient (Wildman–Crippen LogP) is 3.20. The van der Waals surface area contributed by atoms with Gasteiger partial charge in [0.1, 0.15) is 11.4 Å². The van der Waals surface area contributed by atoms with Crippen molar-refractivity contribution in [3.63, 3.8) is 0 Å². The van der Waals surface area contributed by atoms with Crippen LogP contribution in [0.4, 0.5) is 5.69 Å². The van der Waals surface area contributed by atoms with Gasteiger partial charge in [-0.25, -0.2) is 0 Å². The van der Waals surface area contributed by atoms with Crippen LogP contribution in [0.1, 0.15) is 13.8 Å². The maximum absolute atomic E-state index is 9.78. The van der Waals surface area contributed by atoms with Gasteiger partial charge in [0.05, 0.1) is 18.3 Å². The van der Waals surface area contributed by atoms with Crippen LogP contribution in [-0.4, -0.2) is 26.4 Å². The Kier molecular flexibility index (Phi) is 3.17. The molecule has 0 spiro atoms. The van der Waals surface area contributed by atoms with Gasteiger partial charge in [-0.2, -0.15) is 0 Å². The minimum absolute atomic E-state index is 0.0157. The second-order valence-electron chi connectivity index (χ2n) is 5.70. The van der Waals surface area contributed by atoms with Gasteiger partial charge in [-0.1, -0.05) is 11.6 Å². The molecule has 5 nitrogen and oxygen atoms in total. The van der Waals surface area contributed by atoms with Crippen LogP contribution in [0.15, 0.2) is 30.3 Å². The largest absolute Gasteiger partial charge is 0.494 e. The summed E-state index contributed by atoms with van der Waals surface area (Å²) in [4.78, 5) is 0. The first-order valence-corrected chi connectivity index (χ1v) is 7.07. The number of aromatic nitrogens is 1. The predicted molar refractivity (Wildman–Crippen MR) is 81.3 cm³/mol. The molecule has 3 N–H and O–H groups in total. The maximum Gasteiger partial charge on any atom is 0.193 e. The Balaban J connectivity index is 1.92. The number of anilines is 1. The number of nitrogens with zero attached hydrogens (tertiary/aromatic N) is 1. The normalized spacial score (nSPS) is 19.5. The number of fused-ring (bicyclic) bond motifs is 1. The molecule has 6 heteroatoms. The molecule has 0 bridgehead atoms. The third-order valence-electron chi connectivity index (χ3n) is 3.78. The van der Waals surface area contributed by atoms with Crippen molar-refractivity contribution in [2.24, 2.45) is 0 Å². The molecule has 0 saturated heterocycles. The number of rotatable bonds is 2. The standard InChI is InChI=1S/C15H17ClN2O3/c1-15(2)12(8-18-13(19)5-6-14(18)20)17-10-7-9(16)3-4-11(10)21-15/h3-7,12,17,19-20H,8H2,1-2H3. The van der Waals surface area contributed by atoms with E-state index in [1.807, 2.05) is 19.9 Å². The van der Waals surface area contributed by atoms with E-state index in [0.29, 0.717) is 11.6 Å². The van der Waals surface area contributed by atoms with Crippen LogP contribution in [0.2, 0.25) is 5.02 Å². The molecule has 21 heavy (non-hydrogen) atoms. The monoisotopic (exact) mass is 308 g/mol. The van der Waals surface area contributed by atoms with Crippen LogP contribution in [0.25, 0.3) is 0 Å². The van der Waals surface area contributed by atoms with Crippen molar-refractivity contribution in [1.29, 1.82) is 0 Å². The van der Waals surface area contributed by atoms with E-state index in [-0.39, 0.29) is 17.8 Å². The fraction of sp³-hybridized carbons (Fsp3) is 0.333. The third-order valence-corrected chi connectivity index (χ3v) is 4.02. The lowest BCUT2D eigenvalue weighted by Gasteiger charge is -2.41. The lowest BCUT2D eigenvalue weighted by molar-refractivity contribution is 0.0702. The average molecular weight is 309 g/mol. The first kappa shape index (κ1) is 13.9. The van der Waals surface area contributed by atoms with E-state index in [2.05, 4.69) is 5.32 Å². The number of benzene rings is 1. The van der Waals surface area contributed by atoms with Crippen LogP contribution in [0, 0.1) is 0 Å². The van der Waals surface area contributed by atoms with Gasteiger partial charge in [-0.3, -0.25) is 4.57 Å². The van der Waals surface area contributed by atoms with Gasteiger partial charge >= 0.3 is 0 Å². The number of hydrogen-bond acceptors (Lipinski definition) is 4. The van der Waals surface area contributed by atoms with Gasteiger partial charge in [-0.15, -0.1) is 0 Å². The van der Waals surface area contributed by atoms with Crippen LogP contribution >= 0.6 is 11.6 Å². The molecule has 0 fully saturated rings. The van der Waals surface area contributed by atoms with Gasteiger partial charge in [0.15, 0.2) is 11.8 Å². The molecule has 0 aliphatic carbocycles. The highest BCUT2D eigenvalue weighted by Crippen LogP contribution is 2.38. The Morgan fingerprint density at radius 1 is 1.24 bits per heavy atom. The van der Waals surface area contributed by atoms with E-state index in [0.717, 1.165) is 11.4 Å². The summed E-state index contributed by atoms with van der Waals surface area (Å²) in [6.07, 6.45) is 0. The van der Waals surface area contributed by atoms with Crippen LogP contribution < -0.4 is 10.1 Å². The second-order valence-corrected chi connectivity index (χ2v) is 6.14. The summed E-state index contributed by atoms with van der Waals surface area (Å²) < 4.78 is 7.45. The topological polar surface area (TPSA) is 66.7 Å². The zero-order valence-corrected chi connectivity index (χ0v) is 12.6. The van der Waals surface area contributed by atoms with Gasteiger partial charge in [0, 0.05) is 17.2 Å².